The molecule has 0 radical (unpaired) electrons. The number of hydrogen-bond donors (Lipinski definition) is 1. The quantitative estimate of drug-likeness (QED) is 0.284. The van der Waals surface area contributed by atoms with Crippen molar-refractivity contribution in [2.24, 2.45) is 5.92 Å². The SMILES string of the molecule is COc1ccc(C(Nc2ccn([C@@H]3O[C@H](C(C)C)[C@H]4OC(OC)O[C@H]43)c(=O)n2)(c2ccccc2)c2ccccc2)cc1. The number of aromatic nitrogens is 2. The molecule has 4 aromatic rings. The summed E-state index contributed by atoms with van der Waals surface area (Å²) in [7, 11) is 3.17. The molecule has 1 unspecified atom stereocenters. The number of nitrogens with one attached hydrogen (secondary N) is 1. The van der Waals surface area contributed by atoms with E-state index in [1.807, 2.05) is 74.5 Å². The molecule has 2 aliphatic rings. The van der Waals surface area contributed by atoms with E-state index < -0.39 is 30.0 Å². The molecule has 0 aliphatic carbocycles. The van der Waals surface area contributed by atoms with E-state index in [4.69, 9.17) is 23.7 Å². The highest BCUT2D eigenvalue weighted by Gasteiger charge is 2.54. The summed E-state index contributed by atoms with van der Waals surface area (Å²) < 4.78 is 30.4. The van der Waals surface area contributed by atoms with Crippen LogP contribution in [0.15, 0.2) is 102 Å². The summed E-state index contributed by atoms with van der Waals surface area (Å²) in [5.74, 6) is 1.30. The first-order valence-electron chi connectivity index (χ1n) is 14.1. The van der Waals surface area contributed by atoms with E-state index in [1.165, 1.54) is 11.7 Å². The first kappa shape index (κ1) is 28.1. The van der Waals surface area contributed by atoms with E-state index >= 15 is 0 Å². The summed E-state index contributed by atoms with van der Waals surface area (Å²) >= 11 is 0. The van der Waals surface area contributed by atoms with Crippen molar-refractivity contribution in [1.29, 1.82) is 0 Å². The van der Waals surface area contributed by atoms with Gasteiger partial charge in [-0.1, -0.05) is 86.6 Å². The molecule has 2 aliphatic heterocycles. The number of anilines is 1. The number of hydrogen-bond acceptors (Lipinski definition) is 8. The minimum absolute atomic E-state index is 0.146. The molecule has 9 heteroatoms. The van der Waals surface area contributed by atoms with E-state index in [0.29, 0.717) is 5.82 Å². The van der Waals surface area contributed by atoms with E-state index in [1.54, 1.807) is 19.4 Å². The van der Waals surface area contributed by atoms with Gasteiger partial charge in [0, 0.05) is 13.3 Å². The van der Waals surface area contributed by atoms with Gasteiger partial charge in [0.15, 0.2) is 6.23 Å². The fourth-order valence-electron chi connectivity index (χ4n) is 5.93. The van der Waals surface area contributed by atoms with Gasteiger partial charge < -0.3 is 29.0 Å². The second-order valence-corrected chi connectivity index (χ2v) is 10.8. The number of nitrogens with zero attached hydrogens (tertiary/aromatic N) is 2. The normalized spacial score (nSPS) is 23.6. The Balaban J connectivity index is 1.42. The van der Waals surface area contributed by atoms with Gasteiger partial charge in [-0.15, -0.1) is 0 Å². The summed E-state index contributed by atoms with van der Waals surface area (Å²) in [6.07, 6.45) is -0.133. The lowest BCUT2D eigenvalue weighted by Crippen LogP contribution is -2.40. The molecule has 42 heavy (non-hydrogen) atoms. The highest BCUT2D eigenvalue weighted by molar-refractivity contribution is 5.58. The molecule has 6 rings (SSSR count). The van der Waals surface area contributed by atoms with Gasteiger partial charge in [0.25, 0.3) is 6.48 Å². The fourth-order valence-corrected chi connectivity index (χ4v) is 5.93. The van der Waals surface area contributed by atoms with Crippen LogP contribution in [0.1, 0.15) is 36.8 Å². The third-order valence-corrected chi connectivity index (χ3v) is 7.97. The summed E-state index contributed by atoms with van der Waals surface area (Å²) in [6, 6.07) is 29.9. The lowest BCUT2D eigenvalue weighted by molar-refractivity contribution is -0.257. The molecule has 3 heterocycles. The van der Waals surface area contributed by atoms with Crippen LogP contribution in [-0.4, -0.2) is 48.6 Å². The summed E-state index contributed by atoms with van der Waals surface area (Å²) in [5, 5.41) is 3.65. The molecule has 0 spiro atoms. The first-order chi connectivity index (χ1) is 20.4. The molecule has 1 N–H and O–H groups in total. The Bertz CT molecular complexity index is 1500. The van der Waals surface area contributed by atoms with Crippen molar-refractivity contribution < 1.29 is 23.7 Å². The van der Waals surface area contributed by atoms with E-state index in [0.717, 1.165) is 22.4 Å². The Morgan fingerprint density at radius 2 is 1.40 bits per heavy atom. The minimum atomic E-state index is -0.869. The largest absolute Gasteiger partial charge is 0.497 e. The van der Waals surface area contributed by atoms with Crippen LogP contribution in [-0.2, 0) is 24.5 Å². The van der Waals surface area contributed by atoms with Gasteiger partial charge in [0.2, 0.25) is 0 Å². The standard InChI is InChI=1S/C33H35N3O6/c1-21(2)27-28-29(42-32(39-4)41-28)30(40-27)36-20-19-26(34-31(36)37)35-33(22-11-7-5-8-12-22,23-13-9-6-10-14-23)24-15-17-25(38-3)18-16-24/h5-21,27-30,32H,1-4H3,(H,34,35,37)/t27-,28-,29-,30-,32?/m1/s1. The second kappa shape index (κ2) is 11.7. The molecule has 0 amide bonds. The molecule has 2 fully saturated rings. The highest BCUT2D eigenvalue weighted by Crippen LogP contribution is 2.42. The zero-order chi connectivity index (χ0) is 29.3. The summed E-state index contributed by atoms with van der Waals surface area (Å²) in [6.45, 7) is 3.29. The third-order valence-electron chi connectivity index (χ3n) is 7.97. The van der Waals surface area contributed by atoms with Gasteiger partial charge in [-0.25, -0.2) is 4.79 Å². The van der Waals surface area contributed by atoms with Crippen LogP contribution < -0.4 is 15.7 Å². The number of fused-ring (bicyclic) bond motifs is 1. The lowest BCUT2D eigenvalue weighted by atomic mass is 9.77. The van der Waals surface area contributed by atoms with Gasteiger partial charge in [0.1, 0.15) is 29.3 Å². The number of benzene rings is 3. The molecular formula is C33H35N3O6. The van der Waals surface area contributed by atoms with Crippen LogP contribution in [0.3, 0.4) is 0 Å². The van der Waals surface area contributed by atoms with Crippen LogP contribution in [0.5, 0.6) is 5.75 Å². The third kappa shape index (κ3) is 4.98. The van der Waals surface area contributed by atoms with Gasteiger partial charge in [-0.05, 0) is 40.8 Å². The molecule has 9 nitrogen and oxygen atoms in total. The number of rotatable bonds is 9. The van der Waals surface area contributed by atoms with Crippen molar-refractivity contribution in [2.75, 3.05) is 19.5 Å². The Kier molecular flexibility index (Phi) is 7.83. The van der Waals surface area contributed by atoms with Gasteiger partial charge >= 0.3 is 5.69 Å². The van der Waals surface area contributed by atoms with Crippen LogP contribution in [0.2, 0.25) is 0 Å². The molecule has 1 aromatic heterocycles. The van der Waals surface area contributed by atoms with Gasteiger partial charge in [0.05, 0.1) is 13.2 Å². The minimum Gasteiger partial charge on any atom is -0.497 e. The molecule has 2 saturated heterocycles. The average molecular weight is 570 g/mol. The van der Waals surface area contributed by atoms with E-state index in [2.05, 4.69) is 34.6 Å². The predicted octanol–water partition coefficient (Wildman–Crippen LogP) is 4.92. The fraction of sp³-hybridized carbons (Fsp3) is 0.333. The maximum Gasteiger partial charge on any atom is 0.351 e. The highest BCUT2D eigenvalue weighted by atomic mass is 16.9. The van der Waals surface area contributed by atoms with Crippen molar-refractivity contribution >= 4 is 5.82 Å². The van der Waals surface area contributed by atoms with Gasteiger partial charge in [-0.3, -0.25) is 4.57 Å². The van der Waals surface area contributed by atoms with Crippen LogP contribution in [0.25, 0.3) is 0 Å². The Hall–Kier alpha value is -4.02. The maximum atomic E-state index is 13.6. The second-order valence-electron chi connectivity index (χ2n) is 10.8. The molecule has 0 bridgehead atoms. The van der Waals surface area contributed by atoms with Crippen molar-refractivity contribution in [3.05, 3.63) is 124 Å². The molecule has 218 valence electrons. The van der Waals surface area contributed by atoms with Crippen molar-refractivity contribution in [3.63, 3.8) is 0 Å². The Labute approximate surface area is 245 Å². The number of methoxy groups -OCH3 is 2. The van der Waals surface area contributed by atoms with Crippen LogP contribution >= 0.6 is 0 Å². The molecule has 3 aromatic carbocycles. The van der Waals surface area contributed by atoms with Crippen molar-refractivity contribution in [2.45, 2.75) is 50.4 Å². The topological polar surface area (TPSA) is 93.1 Å². The zero-order valence-electron chi connectivity index (χ0n) is 24.0. The molecular weight excluding hydrogens is 534 g/mol. The molecule has 0 saturated carbocycles. The van der Waals surface area contributed by atoms with E-state index in [-0.39, 0.29) is 18.1 Å². The smallest absolute Gasteiger partial charge is 0.351 e. The predicted molar refractivity (Wildman–Crippen MR) is 157 cm³/mol. The molecule has 5 atom stereocenters. The average Bonchev–Trinajstić information content (AvgIpc) is 3.60. The van der Waals surface area contributed by atoms with Crippen LogP contribution in [0.4, 0.5) is 5.82 Å². The van der Waals surface area contributed by atoms with E-state index in [9.17, 15) is 4.79 Å². The van der Waals surface area contributed by atoms with Crippen molar-refractivity contribution in [3.8, 4) is 5.75 Å². The van der Waals surface area contributed by atoms with Gasteiger partial charge in [-0.2, -0.15) is 4.98 Å². The Morgan fingerprint density at radius 3 is 1.95 bits per heavy atom. The Morgan fingerprint density at radius 1 is 0.810 bits per heavy atom. The van der Waals surface area contributed by atoms with Crippen molar-refractivity contribution in [1.82, 2.24) is 9.55 Å². The zero-order valence-corrected chi connectivity index (χ0v) is 24.0. The lowest BCUT2D eigenvalue weighted by Gasteiger charge is -2.37. The first-order valence-corrected chi connectivity index (χ1v) is 14.1. The van der Waals surface area contributed by atoms with Crippen LogP contribution in [0, 0.1) is 5.92 Å². The summed E-state index contributed by atoms with van der Waals surface area (Å²) in [4.78, 5) is 18.1. The monoisotopic (exact) mass is 569 g/mol. The summed E-state index contributed by atoms with van der Waals surface area (Å²) in [5.41, 5.74) is 1.58. The maximum absolute atomic E-state index is 13.6. The number of ether oxygens (including phenoxy) is 5.